The van der Waals surface area contributed by atoms with Gasteiger partial charge in [0.15, 0.2) is 5.69 Å². The molecular weight excluding hydrogens is 310 g/mol. The number of likely N-dealkylation sites (tertiary alicyclic amines) is 1. The number of amides is 3. The molecule has 0 aliphatic carbocycles. The van der Waals surface area contributed by atoms with Gasteiger partial charge in [0.2, 0.25) is 0 Å². The maximum atomic E-state index is 12.1. The molecule has 1 aliphatic rings. The summed E-state index contributed by atoms with van der Waals surface area (Å²) in [6, 6.07) is 3.67. The molecule has 0 aromatic carbocycles. The number of urea groups is 1. The van der Waals surface area contributed by atoms with Gasteiger partial charge in [-0.05, 0) is 18.6 Å². The van der Waals surface area contributed by atoms with Crippen molar-refractivity contribution in [2.45, 2.75) is 19.5 Å². The zero-order valence-corrected chi connectivity index (χ0v) is 13.3. The van der Waals surface area contributed by atoms with Crippen molar-refractivity contribution in [2.75, 3.05) is 19.6 Å². The SMILES string of the molecule is CCNC(=O)N1CC(n2cc(C(=O)NCc3cccnc3)nn2)C1. The predicted molar refractivity (Wildman–Crippen MR) is 85.1 cm³/mol. The van der Waals surface area contributed by atoms with E-state index >= 15 is 0 Å². The van der Waals surface area contributed by atoms with Gasteiger partial charge in [-0.3, -0.25) is 9.78 Å². The van der Waals surface area contributed by atoms with Gasteiger partial charge in [0.25, 0.3) is 5.91 Å². The molecule has 0 unspecified atom stereocenters. The number of aromatic nitrogens is 4. The van der Waals surface area contributed by atoms with Gasteiger partial charge in [0.1, 0.15) is 0 Å². The van der Waals surface area contributed by atoms with Crippen LogP contribution >= 0.6 is 0 Å². The van der Waals surface area contributed by atoms with Crippen LogP contribution in [0.25, 0.3) is 0 Å². The van der Waals surface area contributed by atoms with E-state index in [-0.39, 0.29) is 23.7 Å². The summed E-state index contributed by atoms with van der Waals surface area (Å²) in [6.45, 7) is 3.99. The number of nitrogens with one attached hydrogen (secondary N) is 2. The summed E-state index contributed by atoms with van der Waals surface area (Å²) in [5.41, 5.74) is 1.17. The van der Waals surface area contributed by atoms with Crippen LogP contribution in [0, 0.1) is 0 Å². The molecular formula is C15H19N7O2. The van der Waals surface area contributed by atoms with Crippen molar-refractivity contribution < 1.29 is 9.59 Å². The van der Waals surface area contributed by atoms with E-state index in [4.69, 9.17) is 0 Å². The summed E-state index contributed by atoms with van der Waals surface area (Å²) in [4.78, 5) is 29.4. The highest BCUT2D eigenvalue weighted by Crippen LogP contribution is 2.20. The number of nitrogens with zero attached hydrogens (tertiary/aromatic N) is 5. The van der Waals surface area contributed by atoms with Crippen LogP contribution in [0.2, 0.25) is 0 Å². The number of carbonyl (C=O) groups excluding carboxylic acids is 2. The number of rotatable bonds is 5. The fourth-order valence-corrected chi connectivity index (χ4v) is 2.39. The number of hydrogen-bond acceptors (Lipinski definition) is 5. The second-order valence-electron chi connectivity index (χ2n) is 5.52. The van der Waals surface area contributed by atoms with E-state index in [2.05, 4.69) is 25.9 Å². The van der Waals surface area contributed by atoms with Crippen LogP contribution in [-0.4, -0.2) is 56.5 Å². The van der Waals surface area contributed by atoms with E-state index in [0.717, 1.165) is 5.56 Å². The predicted octanol–water partition coefficient (Wildman–Crippen LogP) is 0.189. The van der Waals surface area contributed by atoms with Gasteiger partial charge in [-0.25, -0.2) is 9.48 Å². The van der Waals surface area contributed by atoms with E-state index in [1.165, 1.54) is 0 Å². The lowest BCUT2D eigenvalue weighted by molar-refractivity contribution is 0.0945. The lowest BCUT2D eigenvalue weighted by atomic mass is 10.1. The zero-order chi connectivity index (χ0) is 16.9. The molecule has 9 nitrogen and oxygen atoms in total. The molecule has 3 heterocycles. The maximum absolute atomic E-state index is 12.1. The molecule has 3 rings (SSSR count). The highest BCUT2D eigenvalue weighted by atomic mass is 16.2. The molecule has 0 radical (unpaired) electrons. The van der Waals surface area contributed by atoms with Crippen molar-refractivity contribution in [3.05, 3.63) is 42.0 Å². The van der Waals surface area contributed by atoms with E-state index in [1.807, 2.05) is 19.1 Å². The molecule has 24 heavy (non-hydrogen) atoms. The van der Waals surface area contributed by atoms with Gasteiger partial charge in [-0.15, -0.1) is 5.10 Å². The molecule has 126 valence electrons. The van der Waals surface area contributed by atoms with Gasteiger partial charge in [-0.2, -0.15) is 0 Å². The second-order valence-corrected chi connectivity index (χ2v) is 5.52. The summed E-state index contributed by atoms with van der Waals surface area (Å²) >= 11 is 0. The van der Waals surface area contributed by atoms with Crippen LogP contribution in [0.5, 0.6) is 0 Å². The summed E-state index contributed by atoms with van der Waals surface area (Å²) in [5, 5.41) is 13.4. The fraction of sp³-hybridized carbons (Fsp3) is 0.400. The first kappa shape index (κ1) is 15.9. The molecule has 2 aromatic rings. The van der Waals surface area contributed by atoms with E-state index in [0.29, 0.717) is 26.2 Å². The molecule has 1 saturated heterocycles. The number of carbonyl (C=O) groups is 2. The molecule has 0 spiro atoms. The maximum Gasteiger partial charge on any atom is 0.317 e. The third-order valence-electron chi connectivity index (χ3n) is 3.77. The van der Waals surface area contributed by atoms with Crippen molar-refractivity contribution >= 4 is 11.9 Å². The van der Waals surface area contributed by atoms with Gasteiger partial charge >= 0.3 is 6.03 Å². The average Bonchev–Trinajstić information content (AvgIpc) is 3.02. The third kappa shape index (κ3) is 3.50. The summed E-state index contributed by atoms with van der Waals surface area (Å²) < 4.78 is 1.63. The first-order chi connectivity index (χ1) is 11.7. The minimum Gasteiger partial charge on any atom is -0.346 e. The molecule has 1 fully saturated rings. The Morgan fingerprint density at radius 3 is 2.88 bits per heavy atom. The van der Waals surface area contributed by atoms with Crippen LogP contribution in [0.4, 0.5) is 4.79 Å². The smallest absolute Gasteiger partial charge is 0.317 e. The lowest BCUT2D eigenvalue weighted by Crippen LogP contribution is -2.54. The standard InChI is InChI=1S/C15H19N7O2/c1-2-17-15(24)21-8-12(9-21)22-10-13(19-20-22)14(23)18-7-11-4-3-5-16-6-11/h3-6,10,12H,2,7-9H2,1H3,(H,17,24)(H,18,23). The Morgan fingerprint density at radius 1 is 1.33 bits per heavy atom. The quantitative estimate of drug-likeness (QED) is 0.815. The molecule has 0 bridgehead atoms. The Hall–Kier alpha value is -2.97. The van der Waals surface area contributed by atoms with E-state index in [9.17, 15) is 9.59 Å². The van der Waals surface area contributed by atoms with Crippen LogP contribution in [0.3, 0.4) is 0 Å². The van der Waals surface area contributed by atoms with Gasteiger partial charge in [0, 0.05) is 38.6 Å². The molecule has 9 heteroatoms. The Labute approximate surface area is 139 Å². The number of hydrogen-bond donors (Lipinski definition) is 2. The second kappa shape index (κ2) is 7.07. The van der Waals surface area contributed by atoms with Crippen molar-refractivity contribution in [3.8, 4) is 0 Å². The first-order valence-corrected chi connectivity index (χ1v) is 7.79. The van der Waals surface area contributed by atoms with Gasteiger partial charge < -0.3 is 15.5 Å². The largest absolute Gasteiger partial charge is 0.346 e. The summed E-state index contributed by atoms with van der Waals surface area (Å²) in [5.74, 6) is -0.287. The molecule has 1 aliphatic heterocycles. The van der Waals surface area contributed by atoms with Crippen LogP contribution in [0.15, 0.2) is 30.7 Å². The van der Waals surface area contributed by atoms with Crippen molar-refractivity contribution in [1.82, 2.24) is 35.5 Å². The third-order valence-corrected chi connectivity index (χ3v) is 3.77. The normalized spacial score (nSPS) is 14.1. The van der Waals surface area contributed by atoms with Crippen LogP contribution < -0.4 is 10.6 Å². The molecule has 2 N–H and O–H groups in total. The Morgan fingerprint density at radius 2 is 2.17 bits per heavy atom. The highest BCUT2D eigenvalue weighted by Gasteiger charge is 2.32. The molecule has 3 amide bonds. The summed E-state index contributed by atoms with van der Waals surface area (Å²) in [6.07, 6.45) is 4.99. The van der Waals surface area contributed by atoms with Gasteiger partial charge in [0.05, 0.1) is 12.2 Å². The summed E-state index contributed by atoms with van der Waals surface area (Å²) in [7, 11) is 0. The van der Waals surface area contributed by atoms with Gasteiger partial charge in [-0.1, -0.05) is 11.3 Å². The Kier molecular flexibility index (Phi) is 4.69. The lowest BCUT2D eigenvalue weighted by Gasteiger charge is -2.38. The molecule has 0 saturated carbocycles. The van der Waals surface area contributed by atoms with Crippen molar-refractivity contribution in [3.63, 3.8) is 0 Å². The Bertz CT molecular complexity index is 710. The van der Waals surface area contributed by atoms with E-state index in [1.54, 1.807) is 28.2 Å². The minimum absolute atomic E-state index is 0.0555. The van der Waals surface area contributed by atoms with Crippen molar-refractivity contribution in [2.24, 2.45) is 0 Å². The number of pyridine rings is 1. The zero-order valence-electron chi connectivity index (χ0n) is 13.3. The highest BCUT2D eigenvalue weighted by molar-refractivity contribution is 5.91. The van der Waals surface area contributed by atoms with Crippen LogP contribution in [-0.2, 0) is 6.54 Å². The minimum atomic E-state index is -0.287. The topological polar surface area (TPSA) is 105 Å². The van der Waals surface area contributed by atoms with E-state index < -0.39 is 0 Å². The van der Waals surface area contributed by atoms with Crippen molar-refractivity contribution in [1.29, 1.82) is 0 Å². The Balaban J connectivity index is 1.51. The fourth-order valence-electron chi connectivity index (χ4n) is 2.39. The molecule has 2 aromatic heterocycles. The average molecular weight is 329 g/mol. The van der Waals surface area contributed by atoms with Crippen LogP contribution in [0.1, 0.15) is 29.0 Å². The molecule has 0 atom stereocenters. The monoisotopic (exact) mass is 329 g/mol. The first-order valence-electron chi connectivity index (χ1n) is 7.79.